The average Bonchev–Trinajstić information content (AvgIpc) is 2.48. The van der Waals surface area contributed by atoms with Gasteiger partial charge in [-0.25, -0.2) is 0 Å². The predicted octanol–water partition coefficient (Wildman–Crippen LogP) is 5.65. The fourth-order valence-electron chi connectivity index (χ4n) is 2.15. The van der Waals surface area contributed by atoms with Gasteiger partial charge in [-0.2, -0.15) is 0 Å². The Hall–Kier alpha value is -1.32. The van der Waals surface area contributed by atoms with Crippen molar-refractivity contribution in [2.45, 2.75) is 32.7 Å². The van der Waals surface area contributed by atoms with Crippen LogP contribution >= 0.6 is 15.9 Å². The van der Waals surface area contributed by atoms with E-state index in [0.29, 0.717) is 5.92 Å². The van der Waals surface area contributed by atoms with Crippen molar-refractivity contribution >= 4 is 15.9 Å². The fourth-order valence-corrected chi connectivity index (χ4v) is 2.53. The van der Waals surface area contributed by atoms with Crippen LogP contribution in [0.5, 0.6) is 11.5 Å². The SMILES string of the molecule is CNC(C)c1cc(Br)ccc1Oc1ccc(C(C)C)cc1. The maximum atomic E-state index is 6.06. The van der Waals surface area contributed by atoms with Crippen molar-refractivity contribution in [2.24, 2.45) is 0 Å². The number of benzene rings is 2. The van der Waals surface area contributed by atoms with E-state index < -0.39 is 0 Å². The molecule has 0 saturated carbocycles. The van der Waals surface area contributed by atoms with E-state index in [1.54, 1.807) is 0 Å². The van der Waals surface area contributed by atoms with Crippen LogP contribution in [-0.2, 0) is 0 Å². The Balaban J connectivity index is 2.26. The largest absolute Gasteiger partial charge is 0.457 e. The van der Waals surface area contributed by atoms with Gasteiger partial charge in [-0.05, 0) is 55.8 Å². The molecule has 0 spiro atoms. The normalized spacial score (nSPS) is 12.5. The van der Waals surface area contributed by atoms with Crippen LogP contribution in [0.15, 0.2) is 46.9 Å². The van der Waals surface area contributed by atoms with Gasteiger partial charge in [-0.1, -0.05) is 41.9 Å². The fraction of sp³-hybridized carbons (Fsp3) is 0.333. The summed E-state index contributed by atoms with van der Waals surface area (Å²) in [6, 6.07) is 14.6. The van der Waals surface area contributed by atoms with Crippen LogP contribution in [-0.4, -0.2) is 7.05 Å². The molecule has 2 aromatic rings. The summed E-state index contributed by atoms with van der Waals surface area (Å²) in [6.45, 7) is 6.51. The van der Waals surface area contributed by atoms with Gasteiger partial charge < -0.3 is 10.1 Å². The van der Waals surface area contributed by atoms with Gasteiger partial charge in [0.15, 0.2) is 0 Å². The number of ether oxygens (including phenoxy) is 1. The van der Waals surface area contributed by atoms with Crippen molar-refractivity contribution in [3.8, 4) is 11.5 Å². The third-order valence-electron chi connectivity index (χ3n) is 3.65. The second-order valence-electron chi connectivity index (χ2n) is 5.52. The third kappa shape index (κ3) is 4.08. The molecule has 21 heavy (non-hydrogen) atoms. The molecular formula is C18H22BrNO. The molecule has 1 atom stereocenters. The van der Waals surface area contributed by atoms with Crippen molar-refractivity contribution in [3.05, 3.63) is 58.1 Å². The van der Waals surface area contributed by atoms with Crippen LogP contribution < -0.4 is 10.1 Å². The summed E-state index contributed by atoms with van der Waals surface area (Å²) in [5.74, 6) is 2.29. The Bertz CT molecular complexity index is 593. The topological polar surface area (TPSA) is 21.3 Å². The van der Waals surface area contributed by atoms with Crippen molar-refractivity contribution in [1.82, 2.24) is 5.32 Å². The van der Waals surface area contributed by atoms with Gasteiger partial charge in [0.2, 0.25) is 0 Å². The van der Waals surface area contributed by atoms with E-state index in [4.69, 9.17) is 4.74 Å². The third-order valence-corrected chi connectivity index (χ3v) is 4.14. The molecule has 112 valence electrons. The second kappa shape index (κ2) is 7.10. The number of hydrogen-bond donors (Lipinski definition) is 1. The Morgan fingerprint density at radius 1 is 1.00 bits per heavy atom. The molecule has 0 radical (unpaired) electrons. The first-order valence-corrected chi connectivity index (χ1v) is 8.05. The molecule has 0 aliphatic heterocycles. The zero-order valence-electron chi connectivity index (χ0n) is 13.0. The predicted molar refractivity (Wildman–Crippen MR) is 92.2 cm³/mol. The Labute approximate surface area is 135 Å². The molecule has 0 heterocycles. The molecule has 3 heteroatoms. The van der Waals surface area contributed by atoms with Gasteiger partial charge in [0.1, 0.15) is 11.5 Å². The first-order chi connectivity index (χ1) is 10.0. The summed E-state index contributed by atoms with van der Waals surface area (Å²) in [4.78, 5) is 0. The number of nitrogens with one attached hydrogen (secondary N) is 1. The molecule has 0 fully saturated rings. The number of hydrogen-bond acceptors (Lipinski definition) is 2. The maximum absolute atomic E-state index is 6.06. The van der Waals surface area contributed by atoms with Gasteiger partial charge in [-0.15, -0.1) is 0 Å². The summed E-state index contributed by atoms with van der Waals surface area (Å²) in [5, 5.41) is 3.26. The lowest BCUT2D eigenvalue weighted by Gasteiger charge is -2.17. The van der Waals surface area contributed by atoms with E-state index in [9.17, 15) is 0 Å². The minimum Gasteiger partial charge on any atom is -0.457 e. The highest BCUT2D eigenvalue weighted by Gasteiger charge is 2.11. The maximum Gasteiger partial charge on any atom is 0.132 e. The summed E-state index contributed by atoms with van der Waals surface area (Å²) in [7, 11) is 1.95. The zero-order valence-corrected chi connectivity index (χ0v) is 14.6. The summed E-state index contributed by atoms with van der Waals surface area (Å²) in [6.07, 6.45) is 0. The second-order valence-corrected chi connectivity index (χ2v) is 6.43. The van der Waals surface area contributed by atoms with E-state index >= 15 is 0 Å². The number of halogens is 1. The lowest BCUT2D eigenvalue weighted by Crippen LogP contribution is -2.13. The highest BCUT2D eigenvalue weighted by Crippen LogP contribution is 2.32. The molecule has 1 unspecified atom stereocenters. The zero-order chi connectivity index (χ0) is 15.4. The monoisotopic (exact) mass is 347 g/mol. The molecule has 0 aromatic heterocycles. The minimum atomic E-state index is 0.229. The smallest absolute Gasteiger partial charge is 0.132 e. The van der Waals surface area contributed by atoms with Gasteiger partial charge in [-0.3, -0.25) is 0 Å². The van der Waals surface area contributed by atoms with Crippen LogP contribution in [0.2, 0.25) is 0 Å². The quantitative estimate of drug-likeness (QED) is 0.754. The van der Waals surface area contributed by atoms with Gasteiger partial charge in [0, 0.05) is 16.1 Å². The van der Waals surface area contributed by atoms with Crippen LogP contribution in [0.3, 0.4) is 0 Å². The molecular weight excluding hydrogens is 326 g/mol. The standard InChI is InChI=1S/C18H22BrNO/c1-12(2)14-5-8-16(9-6-14)21-18-10-7-15(19)11-17(18)13(3)20-4/h5-13,20H,1-4H3. The Morgan fingerprint density at radius 2 is 1.67 bits per heavy atom. The van der Waals surface area contributed by atoms with E-state index in [-0.39, 0.29) is 6.04 Å². The van der Waals surface area contributed by atoms with Gasteiger partial charge in [0.25, 0.3) is 0 Å². The van der Waals surface area contributed by atoms with E-state index in [0.717, 1.165) is 21.5 Å². The lowest BCUT2D eigenvalue weighted by atomic mass is 10.0. The molecule has 0 aliphatic rings. The van der Waals surface area contributed by atoms with Crippen LogP contribution in [0, 0.1) is 0 Å². The van der Waals surface area contributed by atoms with Gasteiger partial charge >= 0.3 is 0 Å². The van der Waals surface area contributed by atoms with Crippen LogP contribution in [0.1, 0.15) is 43.9 Å². The van der Waals surface area contributed by atoms with Crippen molar-refractivity contribution < 1.29 is 4.74 Å². The average molecular weight is 348 g/mol. The van der Waals surface area contributed by atoms with E-state index in [2.05, 4.69) is 60.2 Å². The molecule has 2 rings (SSSR count). The molecule has 1 N–H and O–H groups in total. The van der Waals surface area contributed by atoms with Crippen molar-refractivity contribution in [1.29, 1.82) is 0 Å². The molecule has 0 aliphatic carbocycles. The van der Waals surface area contributed by atoms with Gasteiger partial charge in [0.05, 0.1) is 0 Å². The van der Waals surface area contributed by atoms with E-state index in [1.807, 2.05) is 31.3 Å². The van der Waals surface area contributed by atoms with Crippen LogP contribution in [0.4, 0.5) is 0 Å². The summed E-state index contributed by atoms with van der Waals surface area (Å²) >= 11 is 3.52. The molecule has 0 bridgehead atoms. The molecule has 2 nitrogen and oxygen atoms in total. The molecule has 0 saturated heterocycles. The van der Waals surface area contributed by atoms with Crippen LogP contribution in [0.25, 0.3) is 0 Å². The van der Waals surface area contributed by atoms with Crippen molar-refractivity contribution in [2.75, 3.05) is 7.05 Å². The molecule has 2 aromatic carbocycles. The molecule has 0 amide bonds. The Morgan fingerprint density at radius 3 is 2.24 bits per heavy atom. The summed E-state index contributed by atoms with van der Waals surface area (Å²) in [5.41, 5.74) is 2.46. The first-order valence-electron chi connectivity index (χ1n) is 7.25. The Kier molecular flexibility index (Phi) is 5.43. The lowest BCUT2D eigenvalue weighted by molar-refractivity contribution is 0.466. The van der Waals surface area contributed by atoms with E-state index in [1.165, 1.54) is 5.56 Å². The van der Waals surface area contributed by atoms with Crippen molar-refractivity contribution in [3.63, 3.8) is 0 Å². The minimum absolute atomic E-state index is 0.229. The summed E-state index contributed by atoms with van der Waals surface area (Å²) < 4.78 is 7.12. The first kappa shape index (κ1) is 16.1. The number of rotatable bonds is 5. The highest BCUT2D eigenvalue weighted by molar-refractivity contribution is 9.10. The highest BCUT2D eigenvalue weighted by atomic mass is 79.9.